The third-order valence-electron chi connectivity index (χ3n) is 4.97. The minimum Gasteiger partial charge on any atom is -0.426 e. The van der Waals surface area contributed by atoms with Gasteiger partial charge in [0.2, 0.25) is 0 Å². The van der Waals surface area contributed by atoms with Crippen molar-refractivity contribution in [1.29, 1.82) is 0 Å². The Morgan fingerprint density at radius 1 is 1.19 bits per heavy atom. The van der Waals surface area contributed by atoms with Gasteiger partial charge < -0.3 is 18.8 Å². The van der Waals surface area contributed by atoms with Crippen LogP contribution in [0.5, 0.6) is 11.7 Å². The van der Waals surface area contributed by atoms with E-state index in [0.717, 1.165) is 12.1 Å². The van der Waals surface area contributed by atoms with Gasteiger partial charge in [0.1, 0.15) is 5.75 Å². The van der Waals surface area contributed by atoms with Crippen LogP contribution in [0.1, 0.15) is 28.7 Å². The molecule has 0 unspecified atom stereocenters. The number of hydrogen-bond donors (Lipinski definition) is 0. The summed E-state index contributed by atoms with van der Waals surface area (Å²) in [5, 5.41) is 8.12. The van der Waals surface area contributed by atoms with Gasteiger partial charge in [-0.1, -0.05) is 23.4 Å². The Kier molecular flexibility index (Phi) is 3.90. The third-order valence-corrected chi connectivity index (χ3v) is 4.97. The van der Waals surface area contributed by atoms with Crippen molar-refractivity contribution in [3.63, 3.8) is 0 Å². The number of aromatic nitrogens is 3. The third kappa shape index (κ3) is 2.97. The largest absolute Gasteiger partial charge is 0.426 e. The number of para-hydroxylation sites is 1. The first kappa shape index (κ1) is 16.1. The molecular formula is C19H18N4O4. The van der Waals surface area contributed by atoms with Gasteiger partial charge in [0.15, 0.2) is 5.76 Å². The molecule has 0 spiro atoms. The van der Waals surface area contributed by atoms with Gasteiger partial charge in [-0.25, -0.2) is 4.68 Å². The molecule has 8 heteroatoms. The number of carbonyl (C=O) groups is 1. The fourth-order valence-corrected chi connectivity index (χ4v) is 3.61. The number of rotatable bonds is 3. The minimum atomic E-state index is -0.163. The Hall–Kier alpha value is -3.13. The minimum absolute atomic E-state index is 0.0241. The molecule has 0 saturated carbocycles. The summed E-state index contributed by atoms with van der Waals surface area (Å²) in [5.74, 6) is 1.04. The molecule has 27 heavy (non-hydrogen) atoms. The highest BCUT2D eigenvalue weighted by atomic mass is 16.6. The van der Waals surface area contributed by atoms with Crippen molar-refractivity contribution < 1.29 is 18.7 Å². The van der Waals surface area contributed by atoms with E-state index in [-0.39, 0.29) is 23.8 Å². The molecule has 0 aliphatic carbocycles. The maximum absolute atomic E-state index is 12.9. The Balaban J connectivity index is 1.31. The topological polar surface area (TPSA) is 82.6 Å². The molecule has 138 valence electrons. The maximum atomic E-state index is 12.9. The van der Waals surface area contributed by atoms with Crippen LogP contribution in [-0.2, 0) is 11.3 Å². The predicted octanol–water partition coefficient (Wildman–Crippen LogP) is 2.65. The van der Waals surface area contributed by atoms with Gasteiger partial charge in [-0.2, -0.15) is 0 Å². The average Bonchev–Trinajstić information content (AvgIpc) is 3.37. The van der Waals surface area contributed by atoms with E-state index < -0.39 is 0 Å². The molecule has 4 heterocycles. The summed E-state index contributed by atoms with van der Waals surface area (Å²) in [6.07, 6.45) is 2.51. The van der Waals surface area contributed by atoms with Gasteiger partial charge in [-0.05, 0) is 24.6 Å². The molecular weight excluding hydrogens is 348 g/mol. The predicted molar refractivity (Wildman–Crippen MR) is 93.4 cm³/mol. The molecule has 2 atom stereocenters. The molecule has 1 saturated heterocycles. The summed E-state index contributed by atoms with van der Waals surface area (Å²) in [5.41, 5.74) is 0.932. The van der Waals surface area contributed by atoms with Gasteiger partial charge >= 0.3 is 0 Å². The first-order valence-corrected chi connectivity index (χ1v) is 8.90. The standard InChI is InChI=1S/C19H18N4O4/c24-19(17-6-7-18(27-17)26-14-4-2-1-3-5-14)22-9-8-16-15(11-22)23-13(12-25-16)10-20-21-23/h1-7,10,15-16H,8-9,11-12H2/t15-,16-/m0/s1. The molecule has 5 rings (SSSR count). The van der Waals surface area contributed by atoms with Gasteiger partial charge in [0, 0.05) is 19.2 Å². The summed E-state index contributed by atoms with van der Waals surface area (Å²) in [7, 11) is 0. The lowest BCUT2D eigenvalue weighted by Gasteiger charge is -2.40. The molecule has 0 radical (unpaired) electrons. The fraction of sp³-hybridized carbons (Fsp3) is 0.316. The Labute approximate surface area is 155 Å². The number of fused-ring (bicyclic) bond motifs is 3. The molecule has 1 fully saturated rings. The molecule has 1 aromatic carbocycles. The molecule has 8 nitrogen and oxygen atoms in total. The van der Waals surface area contributed by atoms with Crippen LogP contribution in [-0.4, -0.2) is 45.0 Å². The zero-order chi connectivity index (χ0) is 18.2. The van der Waals surface area contributed by atoms with Crippen LogP contribution in [0, 0.1) is 0 Å². The van der Waals surface area contributed by atoms with E-state index in [4.69, 9.17) is 13.9 Å². The normalized spacial score (nSPS) is 21.4. The van der Waals surface area contributed by atoms with Crippen LogP contribution in [0.2, 0.25) is 0 Å². The number of carbonyl (C=O) groups excluding carboxylic acids is 1. The van der Waals surface area contributed by atoms with E-state index in [1.54, 1.807) is 23.2 Å². The summed E-state index contributed by atoms with van der Waals surface area (Å²) < 4.78 is 19.0. The molecule has 0 bridgehead atoms. The first-order chi connectivity index (χ1) is 13.3. The van der Waals surface area contributed by atoms with Gasteiger partial charge in [0.05, 0.1) is 30.6 Å². The lowest BCUT2D eigenvalue weighted by Crippen LogP contribution is -2.49. The second kappa shape index (κ2) is 6.55. The number of furan rings is 1. The summed E-state index contributed by atoms with van der Waals surface area (Å²) in [6.45, 7) is 1.63. The monoisotopic (exact) mass is 366 g/mol. The lowest BCUT2D eigenvalue weighted by molar-refractivity contribution is -0.0608. The highest BCUT2D eigenvalue weighted by Gasteiger charge is 2.38. The van der Waals surface area contributed by atoms with Crippen LogP contribution in [0.4, 0.5) is 0 Å². The summed E-state index contributed by atoms with van der Waals surface area (Å²) in [4.78, 5) is 14.7. The van der Waals surface area contributed by atoms with Crippen molar-refractivity contribution in [3.8, 4) is 11.7 Å². The number of likely N-dealkylation sites (tertiary alicyclic amines) is 1. The van der Waals surface area contributed by atoms with Crippen molar-refractivity contribution in [2.45, 2.75) is 25.2 Å². The van der Waals surface area contributed by atoms with E-state index in [0.29, 0.717) is 31.4 Å². The van der Waals surface area contributed by atoms with Gasteiger partial charge in [-0.3, -0.25) is 4.79 Å². The molecule has 3 aromatic rings. The SMILES string of the molecule is O=C(c1ccc(Oc2ccccc2)o1)N1CC[C@@H]2OCc3cnnn3[C@H]2C1. The zero-order valence-electron chi connectivity index (χ0n) is 14.5. The van der Waals surface area contributed by atoms with Crippen molar-refractivity contribution in [1.82, 2.24) is 19.9 Å². The molecule has 2 aliphatic rings. The van der Waals surface area contributed by atoms with Crippen molar-refractivity contribution in [2.24, 2.45) is 0 Å². The highest BCUT2D eigenvalue weighted by Crippen LogP contribution is 2.31. The summed E-state index contributed by atoms with van der Waals surface area (Å²) in [6, 6.07) is 12.6. The van der Waals surface area contributed by atoms with Crippen LogP contribution < -0.4 is 4.74 Å². The maximum Gasteiger partial charge on any atom is 0.290 e. The summed E-state index contributed by atoms with van der Waals surface area (Å²) >= 11 is 0. The Morgan fingerprint density at radius 3 is 2.96 bits per heavy atom. The van der Waals surface area contributed by atoms with Gasteiger partial charge in [-0.15, -0.1) is 5.10 Å². The van der Waals surface area contributed by atoms with E-state index in [9.17, 15) is 4.79 Å². The quantitative estimate of drug-likeness (QED) is 0.709. The fourth-order valence-electron chi connectivity index (χ4n) is 3.61. The van der Waals surface area contributed by atoms with Crippen LogP contribution >= 0.6 is 0 Å². The molecule has 0 N–H and O–H groups in total. The smallest absolute Gasteiger partial charge is 0.290 e. The number of benzene rings is 1. The van der Waals surface area contributed by atoms with E-state index >= 15 is 0 Å². The van der Waals surface area contributed by atoms with E-state index in [1.165, 1.54) is 0 Å². The molecule has 2 aromatic heterocycles. The average molecular weight is 366 g/mol. The van der Waals surface area contributed by atoms with Gasteiger partial charge in [0.25, 0.3) is 11.9 Å². The Bertz CT molecular complexity index is 952. The van der Waals surface area contributed by atoms with Crippen molar-refractivity contribution in [2.75, 3.05) is 13.1 Å². The number of nitrogens with zero attached hydrogens (tertiary/aromatic N) is 4. The Morgan fingerprint density at radius 2 is 2.07 bits per heavy atom. The number of amides is 1. The van der Waals surface area contributed by atoms with E-state index in [1.807, 2.05) is 35.0 Å². The lowest BCUT2D eigenvalue weighted by atomic mass is 10.00. The second-order valence-electron chi connectivity index (χ2n) is 6.66. The van der Waals surface area contributed by atoms with Crippen LogP contribution in [0.25, 0.3) is 0 Å². The van der Waals surface area contributed by atoms with Crippen molar-refractivity contribution in [3.05, 3.63) is 60.1 Å². The highest BCUT2D eigenvalue weighted by molar-refractivity contribution is 5.91. The second-order valence-corrected chi connectivity index (χ2v) is 6.66. The van der Waals surface area contributed by atoms with Crippen LogP contribution in [0.15, 0.2) is 53.1 Å². The number of hydrogen-bond acceptors (Lipinski definition) is 6. The van der Waals surface area contributed by atoms with Crippen LogP contribution in [0.3, 0.4) is 0 Å². The zero-order valence-corrected chi connectivity index (χ0v) is 14.5. The molecule has 1 amide bonds. The van der Waals surface area contributed by atoms with E-state index in [2.05, 4.69) is 10.3 Å². The molecule has 2 aliphatic heterocycles. The van der Waals surface area contributed by atoms with Crippen molar-refractivity contribution >= 4 is 5.91 Å². The first-order valence-electron chi connectivity index (χ1n) is 8.90. The number of ether oxygens (including phenoxy) is 2. The number of piperidine rings is 1.